The Kier molecular flexibility index (Phi) is 48.7. The third-order valence-corrected chi connectivity index (χ3v) is 14.8. The molecule has 6 N–H and O–H groups in total. The van der Waals surface area contributed by atoms with Crippen LogP contribution < -0.4 is 5.32 Å². The van der Waals surface area contributed by atoms with E-state index in [9.17, 15) is 30.3 Å². The van der Waals surface area contributed by atoms with Crippen LogP contribution in [0.5, 0.6) is 0 Å². The number of aliphatic hydroxyl groups is 5. The molecule has 1 fully saturated rings. The maximum atomic E-state index is 13.1. The first-order valence-corrected chi connectivity index (χ1v) is 30.6. The van der Waals surface area contributed by atoms with Crippen molar-refractivity contribution in [1.82, 2.24) is 5.32 Å². The molecule has 0 bridgehead atoms. The number of ether oxygens (including phenoxy) is 2. The molecule has 1 heterocycles. The Morgan fingerprint density at radius 3 is 1.16 bits per heavy atom. The maximum absolute atomic E-state index is 13.1. The monoisotopic (exact) mass is 992 g/mol. The first-order valence-electron chi connectivity index (χ1n) is 30.6. The Hall–Kier alpha value is -1.33. The Morgan fingerprint density at radius 1 is 0.471 bits per heavy atom. The number of carbonyl (C=O) groups is 1. The molecule has 1 aliphatic rings. The van der Waals surface area contributed by atoms with Crippen LogP contribution in [0.1, 0.15) is 303 Å². The molecule has 1 rings (SSSR count). The summed E-state index contributed by atoms with van der Waals surface area (Å²) in [6.07, 6.45) is 58.2. The number of unbranched alkanes of at least 4 members (excludes halogenated alkanes) is 41. The summed E-state index contributed by atoms with van der Waals surface area (Å²) >= 11 is 0. The number of amides is 1. The predicted octanol–water partition coefficient (Wildman–Crippen LogP) is 15.4. The van der Waals surface area contributed by atoms with Gasteiger partial charge < -0.3 is 40.3 Å². The van der Waals surface area contributed by atoms with Crippen LogP contribution in [0.4, 0.5) is 0 Å². The molecule has 0 spiro atoms. The van der Waals surface area contributed by atoms with Crippen LogP contribution in [-0.2, 0) is 14.3 Å². The third-order valence-electron chi connectivity index (χ3n) is 14.8. The van der Waals surface area contributed by atoms with Crippen LogP contribution in [-0.4, -0.2) is 87.5 Å². The zero-order chi connectivity index (χ0) is 50.8. The Balaban J connectivity index is 2.18. The summed E-state index contributed by atoms with van der Waals surface area (Å²) in [6, 6.07) is -0.803. The van der Waals surface area contributed by atoms with E-state index in [1.54, 1.807) is 6.08 Å². The van der Waals surface area contributed by atoms with E-state index in [0.29, 0.717) is 6.42 Å². The minimum atomic E-state index is -1.57. The van der Waals surface area contributed by atoms with Crippen LogP contribution >= 0.6 is 0 Å². The first kappa shape index (κ1) is 66.7. The van der Waals surface area contributed by atoms with Crippen molar-refractivity contribution in [2.45, 2.75) is 346 Å². The molecule has 9 nitrogen and oxygen atoms in total. The minimum Gasteiger partial charge on any atom is -0.394 e. The van der Waals surface area contributed by atoms with Crippen LogP contribution in [0.2, 0.25) is 0 Å². The van der Waals surface area contributed by atoms with Gasteiger partial charge in [-0.3, -0.25) is 4.79 Å². The smallest absolute Gasteiger partial charge is 0.220 e. The number of nitrogens with one attached hydrogen (secondary N) is 1. The van der Waals surface area contributed by atoms with Crippen molar-refractivity contribution in [3.8, 4) is 0 Å². The van der Waals surface area contributed by atoms with E-state index in [4.69, 9.17) is 9.47 Å². The van der Waals surface area contributed by atoms with Gasteiger partial charge in [0.2, 0.25) is 5.91 Å². The Bertz CT molecular complexity index is 1150. The summed E-state index contributed by atoms with van der Waals surface area (Å²) in [4.78, 5) is 13.1. The molecule has 0 aromatic carbocycles. The number of aliphatic hydroxyl groups excluding tert-OH is 5. The van der Waals surface area contributed by atoms with E-state index in [1.807, 2.05) is 6.08 Å². The normalized spacial score (nSPS) is 19.4. The second-order valence-corrected chi connectivity index (χ2v) is 21.5. The van der Waals surface area contributed by atoms with Gasteiger partial charge in [-0.05, 0) is 44.9 Å². The standard InChI is InChI=1S/C61H117NO8/c1-3-5-7-9-11-13-15-17-19-21-23-24-25-26-27-28-29-30-31-33-35-37-39-41-43-45-47-49-51-57(65)62-54(53-69-61-60(68)59(67)58(66)56(52-63)70-61)55(64)50-48-46-44-42-40-38-36-34-32-22-20-18-16-14-12-10-8-6-4-2/h26-27,48,50,54-56,58-61,63-64,66-68H,3-25,28-47,49,51-53H2,1-2H3,(H,62,65)/b27-26-,50-48+. The van der Waals surface area contributed by atoms with Crippen molar-refractivity contribution >= 4 is 5.91 Å². The van der Waals surface area contributed by atoms with Gasteiger partial charge in [0.25, 0.3) is 0 Å². The lowest BCUT2D eigenvalue weighted by molar-refractivity contribution is -0.302. The van der Waals surface area contributed by atoms with Gasteiger partial charge in [-0.25, -0.2) is 0 Å². The number of hydrogen-bond acceptors (Lipinski definition) is 8. The van der Waals surface area contributed by atoms with Crippen molar-refractivity contribution in [1.29, 1.82) is 0 Å². The number of rotatable bonds is 53. The fraction of sp³-hybridized carbons (Fsp3) is 0.918. The molecule has 7 unspecified atom stereocenters. The summed E-state index contributed by atoms with van der Waals surface area (Å²) in [7, 11) is 0. The van der Waals surface area contributed by atoms with Gasteiger partial charge in [0.1, 0.15) is 24.4 Å². The highest BCUT2D eigenvalue weighted by Crippen LogP contribution is 2.23. The number of carbonyl (C=O) groups excluding carboxylic acids is 1. The third kappa shape index (κ3) is 40.1. The molecule has 1 amide bonds. The van der Waals surface area contributed by atoms with Gasteiger partial charge >= 0.3 is 0 Å². The van der Waals surface area contributed by atoms with Gasteiger partial charge in [0.15, 0.2) is 6.29 Å². The fourth-order valence-electron chi connectivity index (χ4n) is 9.92. The fourth-order valence-corrected chi connectivity index (χ4v) is 9.92. The van der Waals surface area contributed by atoms with Crippen LogP contribution in [0.15, 0.2) is 24.3 Å². The van der Waals surface area contributed by atoms with E-state index in [2.05, 4.69) is 31.3 Å². The molecule has 0 aliphatic carbocycles. The minimum absolute atomic E-state index is 0.172. The molecule has 1 aliphatic heterocycles. The van der Waals surface area contributed by atoms with Gasteiger partial charge in [-0.2, -0.15) is 0 Å². The van der Waals surface area contributed by atoms with E-state index in [1.165, 1.54) is 244 Å². The quantitative estimate of drug-likeness (QED) is 0.0261. The van der Waals surface area contributed by atoms with Crippen LogP contribution in [0, 0.1) is 0 Å². The molecule has 0 radical (unpaired) electrons. The topological polar surface area (TPSA) is 149 Å². The molecular formula is C61H117NO8. The summed E-state index contributed by atoms with van der Waals surface area (Å²) in [5.74, 6) is -0.172. The zero-order valence-corrected chi connectivity index (χ0v) is 46.0. The van der Waals surface area contributed by atoms with Crippen molar-refractivity contribution in [2.24, 2.45) is 0 Å². The van der Waals surface area contributed by atoms with Gasteiger partial charge in [0, 0.05) is 6.42 Å². The Labute approximate surface area is 432 Å². The van der Waals surface area contributed by atoms with Crippen molar-refractivity contribution in [3.63, 3.8) is 0 Å². The molecule has 1 saturated heterocycles. The number of allylic oxidation sites excluding steroid dienone is 3. The lowest BCUT2D eigenvalue weighted by Crippen LogP contribution is -2.60. The molecule has 70 heavy (non-hydrogen) atoms. The number of hydrogen-bond donors (Lipinski definition) is 6. The summed E-state index contributed by atoms with van der Waals surface area (Å²) < 4.78 is 11.3. The lowest BCUT2D eigenvalue weighted by atomic mass is 9.99. The lowest BCUT2D eigenvalue weighted by Gasteiger charge is -2.40. The average Bonchev–Trinajstić information content (AvgIpc) is 3.36. The summed E-state index contributed by atoms with van der Waals surface area (Å²) in [5.41, 5.74) is 0. The van der Waals surface area contributed by atoms with E-state index in [-0.39, 0.29) is 12.5 Å². The highest BCUT2D eigenvalue weighted by Gasteiger charge is 2.44. The molecule has 0 aromatic heterocycles. The highest BCUT2D eigenvalue weighted by atomic mass is 16.7. The van der Waals surface area contributed by atoms with Crippen molar-refractivity contribution in [2.75, 3.05) is 13.2 Å². The summed E-state index contributed by atoms with van der Waals surface area (Å²) in [5, 5.41) is 54.6. The zero-order valence-electron chi connectivity index (χ0n) is 46.0. The second kappa shape index (κ2) is 51.2. The summed E-state index contributed by atoms with van der Waals surface area (Å²) in [6.45, 7) is 3.82. The van der Waals surface area contributed by atoms with Gasteiger partial charge in [-0.15, -0.1) is 0 Å². The molecule has 9 heteroatoms. The molecule has 0 aromatic rings. The van der Waals surface area contributed by atoms with Crippen LogP contribution in [0.25, 0.3) is 0 Å². The molecule has 7 atom stereocenters. The largest absolute Gasteiger partial charge is 0.394 e. The molecule has 0 saturated carbocycles. The van der Waals surface area contributed by atoms with Crippen molar-refractivity contribution < 1.29 is 39.8 Å². The molecule has 414 valence electrons. The van der Waals surface area contributed by atoms with Crippen LogP contribution in [0.3, 0.4) is 0 Å². The molecular weight excluding hydrogens is 875 g/mol. The van der Waals surface area contributed by atoms with Gasteiger partial charge in [0.05, 0.1) is 25.4 Å². The predicted molar refractivity (Wildman–Crippen MR) is 295 cm³/mol. The Morgan fingerprint density at radius 2 is 0.800 bits per heavy atom. The van der Waals surface area contributed by atoms with E-state index >= 15 is 0 Å². The second-order valence-electron chi connectivity index (χ2n) is 21.5. The first-order chi connectivity index (χ1) is 34.3. The maximum Gasteiger partial charge on any atom is 0.220 e. The van der Waals surface area contributed by atoms with E-state index < -0.39 is 49.5 Å². The van der Waals surface area contributed by atoms with Crippen molar-refractivity contribution in [3.05, 3.63) is 24.3 Å². The van der Waals surface area contributed by atoms with E-state index in [0.717, 1.165) is 38.5 Å². The van der Waals surface area contributed by atoms with Gasteiger partial charge in [-0.1, -0.05) is 276 Å². The average molecular weight is 993 g/mol. The highest BCUT2D eigenvalue weighted by molar-refractivity contribution is 5.76. The SMILES string of the molecule is CCCCCCCCCCCCCC/C=C\CCCCCCCCCCCCCCC(=O)NC(COC1OC(CO)C(O)C(O)C1O)C(O)/C=C/CCCCCCCCCCCCCCCCCCC.